The van der Waals surface area contributed by atoms with E-state index in [-0.39, 0.29) is 11.3 Å². The van der Waals surface area contributed by atoms with E-state index in [1.165, 1.54) is 0 Å². The summed E-state index contributed by atoms with van der Waals surface area (Å²) in [5.74, 6) is 0. The highest BCUT2D eigenvalue weighted by Gasteiger charge is 1.68. The van der Waals surface area contributed by atoms with Crippen molar-refractivity contribution in [2.24, 2.45) is 5.11 Å². The summed E-state index contributed by atoms with van der Waals surface area (Å²) in [6.07, 6.45) is 0.188. The van der Waals surface area contributed by atoms with Crippen molar-refractivity contribution in [1.82, 2.24) is 0 Å². The molecule has 1 amide bonds. The first kappa shape index (κ1) is 5.07. The molecule has 0 heterocycles. The van der Waals surface area contributed by atoms with Crippen molar-refractivity contribution in [3.05, 3.63) is 5.21 Å². The van der Waals surface area contributed by atoms with Crippen LogP contribution in [0.3, 0.4) is 0 Å². The molecule has 0 aromatic rings. The molecule has 4 nitrogen and oxygen atoms in total. The summed E-state index contributed by atoms with van der Waals surface area (Å²) >= 11 is 0. The lowest BCUT2D eigenvalue weighted by Crippen LogP contribution is -1.86. The predicted molar refractivity (Wildman–Crippen MR) is 18.0 cm³/mol. The fourth-order valence-electron chi connectivity index (χ4n) is 0.0664. The molecule has 6 heavy (non-hydrogen) atoms. The fourth-order valence-corrected chi connectivity index (χ4v) is 0.0664. The van der Waals surface area contributed by atoms with Gasteiger partial charge in [0.25, 0.3) is 6.41 Å². The Labute approximate surface area is 34.7 Å². The second-order valence-electron chi connectivity index (χ2n) is 0.685. The molecular weight excluding hydrogens is 84.0 g/mol. The molecule has 0 radical (unpaired) electrons. The Kier molecular flexibility index (Phi) is 1.96. The zero-order valence-electron chi connectivity index (χ0n) is 3.29. The third kappa shape index (κ3) is 3.07. The molecule has 0 aliphatic heterocycles. The highest BCUT2D eigenvalue weighted by Crippen LogP contribution is 1.56. The van der Waals surface area contributed by atoms with Gasteiger partial charge in [-0.25, -0.2) is 0 Å². The van der Waals surface area contributed by atoms with E-state index in [1.54, 1.807) is 0 Å². The first-order valence-electron chi connectivity index (χ1n) is 1.32. The third-order valence-corrected chi connectivity index (χ3v) is 0.210. The fraction of sp³-hybridized carbons (Fsp3) is 0.500. The largest absolute Gasteiger partial charge is 0.600 e. The van der Waals surface area contributed by atoms with Gasteiger partial charge in [-0.05, 0) is 0 Å². The zero-order valence-corrected chi connectivity index (χ0v) is 3.29. The van der Waals surface area contributed by atoms with Crippen LogP contribution in [0.5, 0.6) is 0 Å². The summed E-state index contributed by atoms with van der Waals surface area (Å²) in [5.41, 5.74) is 0. The molecule has 0 bridgehead atoms. The number of hydrogen-bond donors (Lipinski definition) is 0. The maximum absolute atomic E-state index is 9.56. The van der Waals surface area contributed by atoms with Gasteiger partial charge >= 0.3 is 0 Å². The number of carbonyl (C=O) groups excluding carboxylic acids is 1. The molecule has 34 valence electrons. The van der Waals surface area contributed by atoms with E-state index in [9.17, 15) is 10.0 Å². The maximum Gasteiger partial charge on any atom is 0.297 e. The van der Waals surface area contributed by atoms with E-state index < -0.39 is 0 Å². The van der Waals surface area contributed by atoms with Gasteiger partial charge < -0.3 is 5.21 Å². The predicted octanol–water partition coefficient (Wildman–Crippen LogP) is -0.265. The van der Waals surface area contributed by atoms with E-state index in [2.05, 4.69) is 5.11 Å². The topological polar surface area (TPSA) is 55.5 Å². The van der Waals surface area contributed by atoms with Crippen LogP contribution >= 0.6 is 0 Å². The van der Waals surface area contributed by atoms with Crippen LogP contribution in [0.2, 0.25) is 0 Å². The first-order valence-corrected chi connectivity index (χ1v) is 1.32. The van der Waals surface area contributed by atoms with Crippen LogP contribution in [-0.2, 0) is 4.79 Å². The van der Waals surface area contributed by atoms with Crippen LogP contribution < -0.4 is 0 Å². The third-order valence-electron chi connectivity index (χ3n) is 0.210. The highest BCUT2D eigenvalue weighted by molar-refractivity contribution is 5.44. The summed E-state index contributed by atoms with van der Waals surface area (Å²) in [7, 11) is 1.13. The van der Waals surface area contributed by atoms with Crippen LogP contribution in [0.4, 0.5) is 0 Å². The molecule has 0 aromatic heterocycles. The standard InChI is InChI=1S/C2H4N2O2/c1-4(6)3-2-5/h2H,1H3. The molecule has 0 unspecified atom stereocenters. The average molecular weight is 88.1 g/mol. The van der Waals surface area contributed by atoms with Crippen molar-refractivity contribution in [2.45, 2.75) is 0 Å². The molecule has 0 aliphatic rings. The first-order chi connectivity index (χ1) is 2.77. The Morgan fingerprint density at radius 1 is 2.00 bits per heavy atom. The smallest absolute Gasteiger partial charge is 0.297 e. The minimum atomic E-state index is 0.188. The van der Waals surface area contributed by atoms with Gasteiger partial charge in [-0.1, -0.05) is 4.86 Å². The Morgan fingerprint density at radius 2 is 2.50 bits per heavy atom. The number of carbonyl (C=O) groups is 1. The van der Waals surface area contributed by atoms with Crippen LogP contribution in [0, 0.1) is 5.21 Å². The van der Waals surface area contributed by atoms with Crippen LogP contribution in [0.1, 0.15) is 0 Å². The Bertz CT molecular complexity index is 73.6. The monoisotopic (exact) mass is 88.0 g/mol. The molecule has 0 spiro atoms. The Morgan fingerprint density at radius 3 is 2.50 bits per heavy atom. The van der Waals surface area contributed by atoms with E-state index in [0.29, 0.717) is 0 Å². The normalized spacial score (nSPS) is 11.2. The highest BCUT2D eigenvalue weighted by atomic mass is 16.5. The number of azo groups is 1. The van der Waals surface area contributed by atoms with Crippen molar-refractivity contribution >= 4 is 6.41 Å². The van der Waals surface area contributed by atoms with Gasteiger partial charge in [-0.2, -0.15) is 0 Å². The molecule has 0 atom stereocenters. The average Bonchev–Trinajstić information content (AvgIpc) is 1.35. The number of amides is 1. The van der Waals surface area contributed by atoms with E-state index >= 15 is 0 Å². The van der Waals surface area contributed by atoms with Crippen molar-refractivity contribution < 1.29 is 9.66 Å². The van der Waals surface area contributed by atoms with Crippen molar-refractivity contribution in [2.75, 3.05) is 7.05 Å². The SMILES string of the molecule is C[N+]([O-])=NC=O. The maximum atomic E-state index is 9.56. The van der Waals surface area contributed by atoms with Gasteiger partial charge in [0, 0.05) is 5.11 Å². The Balaban J connectivity index is 3.41. The zero-order chi connectivity index (χ0) is 4.99. The summed E-state index contributed by atoms with van der Waals surface area (Å²) < 4.78 is 0. The summed E-state index contributed by atoms with van der Waals surface area (Å²) in [4.78, 5) is 9.39. The minimum Gasteiger partial charge on any atom is -0.600 e. The molecule has 0 rings (SSSR count). The van der Waals surface area contributed by atoms with Gasteiger partial charge in [0.05, 0.1) is 0 Å². The van der Waals surface area contributed by atoms with Gasteiger partial charge in [0.2, 0.25) is 0 Å². The van der Waals surface area contributed by atoms with Crippen molar-refractivity contribution in [1.29, 1.82) is 0 Å². The molecule has 0 aromatic carbocycles. The number of hydrogen-bond acceptors (Lipinski definition) is 2. The minimum absolute atomic E-state index is 0.188. The van der Waals surface area contributed by atoms with Crippen LogP contribution in [0.15, 0.2) is 5.11 Å². The van der Waals surface area contributed by atoms with Gasteiger partial charge in [-0.15, -0.1) is 0 Å². The lowest BCUT2D eigenvalue weighted by molar-refractivity contribution is -0.492. The van der Waals surface area contributed by atoms with Crippen molar-refractivity contribution in [3.63, 3.8) is 0 Å². The lowest BCUT2D eigenvalue weighted by Gasteiger charge is -1.81. The number of hydroxylamine groups is 1. The quantitative estimate of drug-likeness (QED) is 0.192. The molecule has 0 N–H and O–H groups in total. The second-order valence-corrected chi connectivity index (χ2v) is 0.685. The summed E-state index contributed by atoms with van der Waals surface area (Å²) in [5, 5.41) is 12.3. The second kappa shape index (κ2) is 2.32. The molecule has 4 heteroatoms. The Hall–Kier alpha value is -0.930. The van der Waals surface area contributed by atoms with Crippen LogP contribution in [0.25, 0.3) is 0 Å². The van der Waals surface area contributed by atoms with E-state index in [0.717, 1.165) is 7.05 Å². The summed E-state index contributed by atoms with van der Waals surface area (Å²) in [6, 6.07) is 0. The van der Waals surface area contributed by atoms with Gasteiger partial charge in [0.15, 0.2) is 7.05 Å². The molecule has 0 aliphatic carbocycles. The molecular formula is C2H4N2O2. The van der Waals surface area contributed by atoms with E-state index in [4.69, 9.17) is 0 Å². The number of rotatable bonds is 1. The number of nitrogens with zero attached hydrogens (tertiary/aromatic N) is 2. The van der Waals surface area contributed by atoms with Crippen LogP contribution in [-0.4, -0.2) is 18.3 Å². The van der Waals surface area contributed by atoms with Crippen molar-refractivity contribution in [3.8, 4) is 0 Å². The molecule has 0 saturated heterocycles. The van der Waals surface area contributed by atoms with Gasteiger partial charge in [0.1, 0.15) is 0 Å². The molecule has 0 fully saturated rings. The molecule has 0 saturated carbocycles. The van der Waals surface area contributed by atoms with Gasteiger partial charge in [-0.3, -0.25) is 4.79 Å². The van der Waals surface area contributed by atoms with E-state index in [1.807, 2.05) is 0 Å². The lowest BCUT2D eigenvalue weighted by atomic mass is 11.4. The summed E-state index contributed by atoms with van der Waals surface area (Å²) in [6.45, 7) is 0.